The van der Waals surface area contributed by atoms with Gasteiger partial charge in [0, 0.05) is 6.04 Å². The van der Waals surface area contributed by atoms with E-state index in [2.05, 4.69) is 18.7 Å². The van der Waals surface area contributed by atoms with Crippen LogP contribution in [-0.2, 0) is 0 Å². The molecule has 1 aliphatic rings. The monoisotopic (exact) mass is 214 g/mol. The summed E-state index contributed by atoms with van der Waals surface area (Å²) in [6.07, 6.45) is 4.78. The fourth-order valence-corrected chi connectivity index (χ4v) is 2.26. The van der Waals surface area contributed by atoms with Crippen LogP contribution in [0.3, 0.4) is 0 Å². The predicted octanol–water partition coefficient (Wildman–Crippen LogP) is 1.21. The van der Waals surface area contributed by atoms with Gasteiger partial charge in [-0.1, -0.05) is 13.8 Å². The Kier molecular flexibility index (Phi) is 5.03. The molecule has 90 valence electrons. The topological polar surface area (TPSA) is 49.5 Å². The standard InChI is InChI=1S/C12H26N2O/c1-12(2,10-13)6-4-8-14-7-3-5-11(14)9-15/h11,15H,3-10,13H2,1-2H3. The Morgan fingerprint density at radius 3 is 2.80 bits per heavy atom. The number of aliphatic hydroxyl groups is 1. The average Bonchev–Trinajstić information content (AvgIpc) is 2.65. The number of nitrogens with two attached hydrogens (primary N) is 1. The molecule has 0 spiro atoms. The molecule has 1 unspecified atom stereocenters. The van der Waals surface area contributed by atoms with Gasteiger partial charge in [-0.2, -0.15) is 0 Å². The van der Waals surface area contributed by atoms with Gasteiger partial charge in [0.25, 0.3) is 0 Å². The molecule has 1 aliphatic heterocycles. The number of nitrogens with zero attached hydrogens (tertiary/aromatic N) is 1. The van der Waals surface area contributed by atoms with Gasteiger partial charge in [-0.3, -0.25) is 4.90 Å². The van der Waals surface area contributed by atoms with Gasteiger partial charge < -0.3 is 10.8 Å². The van der Waals surface area contributed by atoms with Gasteiger partial charge in [-0.25, -0.2) is 0 Å². The highest BCUT2D eigenvalue weighted by Crippen LogP contribution is 2.22. The Labute approximate surface area is 93.6 Å². The first-order valence-corrected chi connectivity index (χ1v) is 6.14. The van der Waals surface area contributed by atoms with Crippen molar-refractivity contribution in [2.24, 2.45) is 11.1 Å². The van der Waals surface area contributed by atoms with E-state index in [1.165, 1.54) is 19.3 Å². The van der Waals surface area contributed by atoms with E-state index in [0.29, 0.717) is 12.6 Å². The fourth-order valence-electron chi connectivity index (χ4n) is 2.26. The number of rotatable bonds is 6. The van der Waals surface area contributed by atoms with Crippen LogP contribution >= 0.6 is 0 Å². The Morgan fingerprint density at radius 1 is 1.47 bits per heavy atom. The van der Waals surface area contributed by atoms with E-state index in [9.17, 15) is 5.11 Å². The van der Waals surface area contributed by atoms with Gasteiger partial charge in [0.1, 0.15) is 0 Å². The molecule has 0 aliphatic carbocycles. The summed E-state index contributed by atoms with van der Waals surface area (Å²) in [6.45, 7) is 7.81. The second kappa shape index (κ2) is 5.83. The minimum absolute atomic E-state index is 0.272. The van der Waals surface area contributed by atoms with Crippen molar-refractivity contribution in [3.63, 3.8) is 0 Å². The number of likely N-dealkylation sites (tertiary alicyclic amines) is 1. The van der Waals surface area contributed by atoms with Gasteiger partial charge in [0.2, 0.25) is 0 Å². The van der Waals surface area contributed by atoms with Gasteiger partial charge in [-0.05, 0) is 50.7 Å². The molecule has 3 N–H and O–H groups in total. The van der Waals surface area contributed by atoms with E-state index < -0.39 is 0 Å². The molecule has 1 fully saturated rings. The molecule has 1 heterocycles. The average molecular weight is 214 g/mol. The molecule has 1 atom stereocenters. The minimum Gasteiger partial charge on any atom is -0.395 e. The molecule has 0 amide bonds. The first-order valence-electron chi connectivity index (χ1n) is 6.14. The highest BCUT2D eigenvalue weighted by Gasteiger charge is 2.23. The summed E-state index contributed by atoms with van der Waals surface area (Å²) in [5.74, 6) is 0. The maximum atomic E-state index is 9.18. The molecule has 3 heteroatoms. The lowest BCUT2D eigenvalue weighted by molar-refractivity contribution is 0.152. The summed E-state index contributed by atoms with van der Waals surface area (Å²) in [6, 6.07) is 0.422. The third-order valence-electron chi connectivity index (χ3n) is 3.56. The molecule has 0 aromatic carbocycles. The summed E-state index contributed by atoms with van der Waals surface area (Å²) in [4.78, 5) is 2.42. The quantitative estimate of drug-likeness (QED) is 0.698. The van der Waals surface area contributed by atoms with Crippen LogP contribution in [0.4, 0.5) is 0 Å². The zero-order valence-corrected chi connectivity index (χ0v) is 10.2. The van der Waals surface area contributed by atoms with Crippen molar-refractivity contribution in [3.8, 4) is 0 Å². The molecule has 0 bridgehead atoms. The fraction of sp³-hybridized carbons (Fsp3) is 1.00. The molecule has 1 saturated heterocycles. The van der Waals surface area contributed by atoms with Crippen LogP contribution in [0.15, 0.2) is 0 Å². The van der Waals surface area contributed by atoms with Crippen LogP contribution in [0.5, 0.6) is 0 Å². The van der Waals surface area contributed by atoms with Crippen LogP contribution < -0.4 is 5.73 Å². The maximum absolute atomic E-state index is 9.18. The normalized spacial score (nSPS) is 23.6. The Balaban J connectivity index is 2.19. The molecule has 0 aromatic rings. The molecular weight excluding hydrogens is 188 g/mol. The van der Waals surface area contributed by atoms with Crippen molar-refractivity contribution in [2.75, 3.05) is 26.2 Å². The van der Waals surface area contributed by atoms with Gasteiger partial charge >= 0.3 is 0 Å². The molecule has 15 heavy (non-hydrogen) atoms. The Hall–Kier alpha value is -0.120. The summed E-state index contributed by atoms with van der Waals surface area (Å²) in [7, 11) is 0. The third-order valence-corrected chi connectivity index (χ3v) is 3.56. The van der Waals surface area contributed by atoms with E-state index in [4.69, 9.17) is 5.73 Å². The van der Waals surface area contributed by atoms with Crippen LogP contribution in [0.2, 0.25) is 0 Å². The lowest BCUT2D eigenvalue weighted by atomic mass is 9.88. The highest BCUT2D eigenvalue weighted by molar-refractivity contribution is 4.79. The van der Waals surface area contributed by atoms with E-state index in [1.54, 1.807) is 0 Å². The largest absolute Gasteiger partial charge is 0.395 e. The zero-order chi connectivity index (χ0) is 11.3. The lowest BCUT2D eigenvalue weighted by Gasteiger charge is -2.26. The van der Waals surface area contributed by atoms with Gasteiger partial charge in [0.15, 0.2) is 0 Å². The van der Waals surface area contributed by atoms with Gasteiger partial charge in [0.05, 0.1) is 6.61 Å². The summed E-state index contributed by atoms with van der Waals surface area (Å²) >= 11 is 0. The number of aliphatic hydroxyl groups excluding tert-OH is 1. The summed E-state index contributed by atoms with van der Waals surface area (Å²) in [5.41, 5.74) is 5.97. The second-order valence-corrected chi connectivity index (χ2v) is 5.49. The van der Waals surface area contributed by atoms with Crippen molar-refractivity contribution >= 4 is 0 Å². The molecule has 3 nitrogen and oxygen atoms in total. The van der Waals surface area contributed by atoms with Crippen LogP contribution in [-0.4, -0.2) is 42.3 Å². The maximum Gasteiger partial charge on any atom is 0.0586 e. The van der Waals surface area contributed by atoms with Crippen LogP contribution in [0.25, 0.3) is 0 Å². The predicted molar refractivity (Wildman–Crippen MR) is 63.8 cm³/mol. The van der Waals surface area contributed by atoms with E-state index >= 15 is 0 Å². The number of hydrogen-bond acceptors (Lipinski definition) is 3. The molecular formula is C12H26N2O. The van der Waals surface area contributed by atoms with Crippen molar-refractivity contribution < 1.29 is 5.11 Å². The molecule has 0 saturated carbocycles. The van der Waals surface area contributed by atoms with E-state index in [-0.39, 0.29) is 5.41 Å². The summed E-state index contributed by atoms with van der Waals surface area (Å²) in [5, 5.41) is 9.18. The SMILES string of the molecule is CC(C)(CN)CCCN1CCCC1CO. The van der Waals surface area contributed by atoms with Crippen LogP contribution in [0.1, 0.15) is 39.5 Å². The molecule has 0 radical (unpaired) electrons. The van der Waals surface area contributed by atoms with E-state index in [1.807, 2.05) is 0 Å². The first kappa shape index (κ1) is 12.9. The number of hydrogen-bond donors (Lipinski definition) is 2. The zero-order valence-electron chi connectivity index (χ0n) is 10.2. The van der Waals surface area contributed by atoms with Crippen molar-refractivity contribution in [1.82, 2.24) is 4.90 Å². The first-order chi connectivity index (χ1) is 7.09. The molecule has 0 aromatic heterocycles. The highest BCUT2D eigenvalue weighted by atomic mass is 16.3. The van der Waals surface area contributed by atoms with Gasteiger partial charge in [-0.15, -0.1) is 0 Å². The Bertz CT molecular complexity index is 182. The molecule has 1 rings (SSSR count). The van der Waals surface area contributed by atoms with Crippen molar-refractivity contribution in [2.45, 2.75) is 45.6 Å². The lowest BCUT2D eigenvalue weighted by Crippen LogP contribution is -2.34. The van der Waals surface area contributed by atoms with Crippen molar-refractivity contribution in [3.05, 3.63) is 0 Å². The minimum atomic E-state index is 0.272. The second-order valence-electron chi connectivity index (χ2n) is 5.49. The van der Waals surface area contributed by atoms with E-state index in [0.717, 1.165) is 26.1 Å². The van der Waals surface area contributed by atoms with Crippen LogP contribution in [0, 0.1) is 5.41 Å². The third kappa shape index (κ3) is 4.09. The van der Waals surface area contributed by atoms with Crippen molar-refractivity contribution in [1.29, 1.82) is 0 Å². The smallest absolute Gasteiger partial charge is 0.0586 e. The summed E-state index contributed by atoms with van der Waals surface area (Å²) < 4.78 is 0. The Morgan fingerprint density at radius 2 is 2.20 bits per heavy atom.